The van der Waals surface area contributed by atoms with Crippen LogP contribution in [0.1, 0.15) is 34.2 Å². The van der Waals surface area contributed by atoms with E-state index in [0.717, 1.165) is 22.6 Å². The Balaban J connectivity index is 2.59. The third-order valence-corrected chi connectivity index (χ3v) is 3.10. The maximum absolute atomic E-state index is 11.5. The summed E-state index contributed by atoms with van der Waals surface area (Å²) >= 11 is 0. The fraction of sp³-hybridized carbons (Fsp3) is 0.267. The Morgan fingerprint density at radius 1 is 1.06 bits per heavy atom. The van der Waals surface area contributed by atoms with E-state index in [4.69, 9.17) is 0 Å². The molecular formula is C15H17NO. The van der Waals surface area contributed by atoms with Crippen LogP contribution in [-0.4, -0.2) is 10.4 Å². The summed E-state index contributed by atoms with van der Waals surface area (Å²) in [5.41, 5.74) is 5.26. The van der Waals surface area contributed by atoms with E-state index >= 15 is 0 Å². The molecule has 2 rings (SSSR count). The predicted molar refractivity (Wildman–Crippen MR) is 70.0 cm³/mol. The highest BCUT2D eigenvalue weighted by atomic mass is 16.1. The Bertz CT molecular complexity index is 561. The van der Waals surface area contributed by atoms with Gasteiger partial charge >= 0.3 is 0 Å². The molecule has 0 fully saturated rings. The van der Waals surface area contributed by atoms with Gasteiger partial charge in [-0.05, 0) is 45.9 Å². The molecule has 0 aliphatic heterocycles. The Hall–Kier alpha value is -1.83. The lowest BCUT2D eigenvalue weighted by atomic mass is 10.2. The van der Waals surface area contributed by atoms with Crippen molar-refractivity contribution < 1.29 is 4.79 Å². The molecule has 0 unspecified atom stereocenters. The van der Waals surface area contributed by atoms with Crippen LogP contribution in [0.5, 0.6) is 0 Å². The standard InChI is InChI=1S/C15H17NO/c1-10-5-7-14(8-6-10)16-11(2)9-15(12(16)3)13(4)17/h5-9H,1-4H3. The second-order valence-electron chi connectivity index (χ2n) is 4.51. The van der Waals surface area contributed by atoms with E-state index in [0.29, 0.717) is 0 Å². The molecule has 0 N–H and O–H groups in total. The molecule has 0 bridgehead atoms. The minimum absolute atomic E-state index is 0.122. The van der Waals surface area contributed by atoms with Crippen molar-refractivity contribution in [3.63, 3.8) is 0 Å². The molecule has 2 heteroatoms. The molecule has 1 aromatic carbocycles. The van der Waals surface area contributed by atoms with Crippen LogP contribution in [0.15, 0.2) is 30.3 Å². The number of carbonyl (C=O) groups excluding carboxylic acids is 1. The number of aromatic nitrogens is 1. The number of Topliss-reactive ketones (excluding diaryl/α,β-unsaturated/α-hetero) is 1. The summed E-state index contributed by atoms with van der Waals surface area (Å²) < 4.78 is 2.12. The van der Waals surface area contributed by atoms with Crippen LogP contribution in [0, 0.1) is 20.8 Å². The minimum atomic E-state index is 0.122. The third kappa shape index (κ3) is 2.03. The zero-order valence-electron chi connectivity index (χ0n) is 10.7. The van der Waals surface area contributed by atoms with Gasteiger partial charge in [-0.1, -0.05) is 17.7 Å². The van der Waals surface area contributed by atoms with Gasteiger partial charge in [-0.3, -0.25) is 4.79 Å². The summed E-state index contributed by atoms with van der Waals surface area (Å²) in [5.74, 6) is 0.122. The average molecular weight is 227 g/mol. The third-order valence-electron chi connectivity index (χ3n) is 3.10. The van der Waals surface area contributed by atoms with Crippen molar-refractivity contribution in [2.45, 2.75) is 27.7 Å². The zero-order valence-corrected chi connectivity index (χ0v) is 10.7. The zero-order chi connectivity index (χ0) is 12.6. The number of aryl methyl sites for hydroxylation is 2. The largest absolute Gasteiger partial charge is 0.318 e. The first-order chi connectivity index (χ1) is 8.00. The highest BCUT2D eigenvalue weighted by Crippen LogP contribution is 2.21. The lowest BCUT2D eigenvalue weighted by molar-refractivity contribution is 0.101. The first-order valence-corrected chi connectivity index (χ1v) is 5.77. The number of hydrogen-bond acceptors (Lipinski definition) is 1. The van der Waals surface area contributed by atoms with Gasteiger partial charge in [0.2, 0.25) is 0 Å². The summed E-state index contributed by atoms with van der Waals surface area (Å²) in [6.07, 6.45) is 0. The van der Waals surface area contributed by atoms with E-state index in [9.17, 15) is 4.79 Å². The first-order valence-electron chi connectivity index (χ1n) is 5.77. The first kappa shape index (κ1) is 11.6. The van der Waals surface area contributed by atoms with Gasteiger partial charge < -0.3 is 4.57 Å². The molecule has 88 valence electrons. The van der Waals surface area contributed by atoms with E-state index < -0.39 is 0 Å². The number of carbonyl (C=O) groups is 1. The topological polar surface area (TPSA) is 22.0 Å². The molecule has 0 spiro atoms. The molecule has 0 amide bonds. The number of ketones is 1. The van der Waals surface area contributed by atoms with E-state index in [1.54, 1.807) is 6.92 Å². The lowest BCUT2D eigenvalue weighted by Crippen LogP contribution is -2.01. The summed E-state index contributed by atoms with van der Waals surface area (Å²) in [7, 11) is 0. The molecule has 0 saturated carbocycles. The smallest absolute Gasteiger partial charge is 0.161 e. The average Bonchev–Trinajstić information content (AvgIpc) is 2.56. The fourth-order valence-corrected chi connectivity index (χ4v) is 2.21. The van der Waals surface area contributed by atoms with Crippen molar-refractivity contribution in [3.8, 4) is 5.69 Å². The minimum Gasteiger partial charge on any atom is -0.318 e. The van der Waals surface area contributed by atoms with Crippen LogP contribution in [-0.2, 0) is 0 Å². The van der Waals surface area contributed by atoms with Gasteiger partial charge in [-0.25, -0.2) is 0 Å². The van der Waals surface area contributed by atoms with Crippen molar-refractivity contribution >= 4 is 5.78 Å². The molecule has 1 heterocycles. The SMILES string of the molecule is CC(=O)c1cc(C)n(-c2ccc(C)cc2)c1C. The van der Waals surface area contributed by atoms with Crippen LogP contribution in [0.4, 0.5) is 0 Å². The summed E-state index contributed by atoms with van der Waals surface area (Å²) in [5, 5.41) is 0. The summed E-state index contributed by atoms with van der Waals surface area (Å²) in [4.78, 5) is 11.5. The monoisotopic (exact) mass is 227 g/mol. The van der Waals surface area contributed by atoms with E-state index in [-0.39, 0.29) is 5.78 Å². The normalized spacial score (nSPS) is 10.6. The van der Waals surface area contributed by atoms with E-state index in [2.05, 4.69) is 35.8 Å². The van der Waals surface area contributed by atoms with Gasteiger partial charge in [0, 0.05) is 22.6 Å². The molecule has 2 aromatic rings. The molecule has 0 aliphatic carbocycles. The van der Waals surface area contributed by atoms with Gasteiger partial charge in [-0.15, -0.1) is 0 Å². The summed E-state index contributed by atoms with van der Waals surface area (Å²) in [6, 6.07) is 10.3. The van der Waals surface area contributed by atoms with Gasteiger partial charge in [0.05, 0.1) is 0 Å². The fourth-order valence-electron chi connectivity index (χ4n) is 2.21. The Morgan fingerprint density at radius 2 is 1.65 bits per heavy atom. The van der Waals surface area contributed by atoms with Crippen LogP contribution < -0.4 is 0 Å². The van der Waals surface area contributed by atoms with Crippen molar-refractivity contribution in [2.75, 3.05) is 0 Å². The van der Waals surface area contributed by atoms with E-state index in [1.807, 2.05) is 19.9 Å². The highest BCUT2D eigenvalue weighted by Gasteiger charge is 2.13. The molecule has 0 aliphatic rings. The van der Waals surface area contributed by atoms with Gasteiger partial charge in [0.15, 0.2) is 5.78 Å². The van der Waals surface area contributed by atoms with Crippen LogP contribution >= 0.6 is 0 Å². The molecular weight excluding hydrogens is 210 g/mol. The number of nitrogens with zero attached hydrogens (tertiary/aromatic N) is 1. The summed E-state index contributed by atoms with van der Waals surface area (Å²) in [6.45, 7) is 7.70. The Labute approximate surface area is 102 Å². The van der Waals surface area contributed by atoms with Crippen LogP contribution in [0.3, 0.4) is 0 Å². The Morgan fingerprint density at radius 3 is 2.12 bits per heavy atom. The number of rotatable bonds is 2. The molecule has 0 saturated heterocycles. The van der Waals surface area contributed by atoms with Crippen LogP contribution in [0.2, 0.25) is 0 Å². The Kier molecular flexibility index (Phi) is 2.88. The second-order valence-corrected chi connectivity index (χ2v) is 4.51. The molecule has 2 nitrogen and oxygen atoms in total. The molecule has 1 aromatic heterocycles. The van der Waals surface area contributed by atoms with Crippen molar-refractivity contribution in [1.82, 2.24) is 4.57 Å². The maximum atomic E-state index is 11.5. The molecule has 0 atom stereocenters. The van der Waals surface area contributed by atoms with Gasteiger partial charge in [-0.2, -0.15) is 0 Å². The number of hydrogen-bond donors (Lipinski definition) is 0. The number of benzene rings is 1. The van der Waals surface area contributed by atoms with Crippen molar-refractivity contribution in [1.29, 1.82) is 0 Å². The quantitative estimate of drug-likeness (QED) is 0.718. The predicted octanol–water partition coefficient (Wildman–Crippen LogP) is 3.61. The lowest BCUT2D eigenvalue weighted by Gasteiger charge is -2.09. The molecule has 0 radical (unpaired) electrons. The second kappa shape index (κ2) is 4.21. The van der Waals surface area contributed by atoms with Gasteiger partial charge in [0.1, 0.15) is 0 Å². The highest BCUT2D eigenvalue weighted by molar-refractivity contribution is 5.95. The van der Waals surface area contributed by atoms with Crippen molar-refractivity contribution in [3.05, 3.63) is 52.8 Å². The maximum Gasteiger partial charge on any atom is 0.161 e. The molecule has 17 heavy (non-hydrogen) atoms. The van der Waals surface area contributed by atoms with Crippen LogP contribution in [0.25, 0.3) is 5.69 Å². The van der Waals surface area contributed by atoms with Crippen molar-refractivity contribution in [2.24, 2.45) is 0 Å². The van der Waals surface area contributed by atoms with E-state index in [1.165, 1.54) is 5.56 Å². The van der Waals surface area contributed by atoms with Gasteiger partial charge in [0.25, 0.3) is 0 Å².